The fourth-order valence-electron chi connectivity index (χ4n) is 1.60. The molecule has 0 fully saturated rings. The SMILES string of the molecule is CCC(C)c1nccn2cc(C)nc12. The Morgan fingerprint density at radius 1 is 1.50 bits per heavy atom. The van der Waals surface area contributed by atoms with Crippen molar-refractivity contribution in [3.8, 4) is 0 Å². The van der Waals surface area contributed by atoms with Gasteiger partial charge < -0.3 is 4.40 Å². The van der Waals surface area contributed by atoms with Crippen molar-refractivity contribution in [3.05, 3.63) is 30.0 Å². The molecule has 0 bridgehead atoms. The van der Waals surface area contributed by atoms with Gasteiger partial charge in [0.25, 0.3) is 0 Å². The molecule has 0 aromatic carbocycles. The number of nitrogens with zero attached hydrogens (tertiary/aromatic N) is 3. The molecule has 14 heavy (non-hydrogen) atoms. The highest BCUT2D eigenvalue weighted by atomic mass is 15.0. The summed E-state index contributed by atoms with van der Waals surface area (Å²) in [4.78, 5) is 8.89. The predicted molar refractivity (Wildman–Crippen MR) is 56.4 cm³/mol. The Balaban J connectivity index is 2.64. The van der Waals surface area contributed by atoms with Crippen LogP contribution in [0.3, 0.4) is 0 Å². The van der Waals surface area contributed by atoms with Crippen molar-refractivity contribution in [2.45, 2.75) is 33.1 Å². The molecule has 2 aromatic rings. The van der Waals surface area contributed by atoms with Crippen LogP contribution in [0.15, 0.2) is 18.6 Å². The molecule has 0 spiro atoms. The second-order valence-electron chi connectivity index (χ2n) is 3.73. The van der Waals surface area contributed by atoms with Crippen LogP contribution in [0.1, 0.15) is 37.6 Å². The van der Waals surface area contributed by atoms with E-state index < -0.39 is 0 Å². The lowest BCUT2D eigenvalue weighted by atomic mass is 10.1. The maximum Gasteiger partial charge on any atom is 0.159 e. The summed E-state index contributed by atoms with van der Waals surface area (Å²) in [5, 5.41) is 0. The standard InChI is InChI=1S/C11H15N3/c1-4-8(2)10-11-13-9(3)7-14(11)6-5-12-10/h5-8H,4H2,1-3H3. The number of rotatable bonds is 2. The lowest BCUT2D eigenvalue weighted by molar-refractivity contribution is 0.707. The second kappa shape index (κ2) is 3.40. The van der Waals surface area contributed by atoms with Crippen LogP contribution in [0.4, 0.5) is 0 Å². The molecule has 2 heterocycles. The summed E-state index contributed by atoms with van der Waals surface area (Å²) in [6.45, 7) is 6.37. The van der Waals surface area contributed by atoms with Crippen molar-refractivity contribution in [1.82, 2.24) is 14.4 Å². The molecule has 3 heteroatoms. The largest absolute Gasteiger partial charge is 0.304 e. The third-order valence-corrected chi connectivity index (χ3v) is 2.60. The highest BCUT2D eigenvalue weighted by Crippen LogP contribution is 2.20. The van der Waals surface area contributed by atoms with Crippen LogP contribution in [0, 0.1) is 6.92 Å². The topological polar surface area (TPSA) is 30.2 Å². The molecule has 0 saturated heterocycles. The summed E-state index contributed by atoms with van der Waals surface area (Å²) in [6, 6.07) is 0. The van der Waals surface area contributed by atoms with Gasteiger partial charge >= 0.3 is 0 Å². The van der Waals surface area contributed by atoms with E-state index in [0.29, 0.717) is 5.92 Å². The average Bonchev–Trinajstić information content (AvgIpc) is 2.56. The molecule has 0 aliphatic carbocycles. The van der Waals surface area contributed by atoms with E-state index in [2.05, 4.69) is 23.8 Å². The highest BCUT2D eigenvalue weighted by molar-refractivity contribution is 5.46. The predicted octanol–water partition coefficient (Wildman–Crippen LogP) is 2.55. The maximum atomic E-state index is 4.48. The van der Waals surface area contributed by atoms with E-state index in [1.54, 1.807) is 0 Å². The van der Waals surface area contributed by atoms with E-state index >= 15 is 0 Å². The van der Waals surface area contributed by atoms with Gasteiger partial charge in [0.15, 0.2) is 5.65 Å². The van der Waals surface area contributed by atoms with Gasteiger partial charge in [0.2, 0.25) is 0 Å². The van der Waals surface area contributed by atoms with Crippen molar-refractivity contribution in [1.29, 1.82) is 0 Å². The minimum absolute atomic E-state index is 0.473. The molecule has 1 unspecified atom stereocenters. The van der Waals surface area contributed by atoms with Crippen LogP contribution >= 0.6 is 0 Å². The molecular formula is C11H15N3. The van der Waals surface area contributed by atoms with Gasteiger partial charge in [0.05, 0.1) is 11.4 Å². The fourth-order valence-corrected chi connectivity index (χ4v) is 1.60. The summed E-state index contributed by atoms with van der Waals surface area (Å²) >= 11 is 0. The summed E-state index contributed by atoms with van der Waals surface area (Å²) in [7, 11) is 0. The van der Waals surface area contributed by atoms with Gasteiger partial charge in [-0.1, -0.05) is 13.8 Å². The smallest absolute Gasteiger partial charge is 0.159 e. The van der Waals surface area contributed by atoms with E-state index in [-0.39, 0.29) is 0 Å². The third-order valence-electron chi connectivity index (χ3n) is 2.60. The van der Waals surface area contributed by atoms with Gasteiger partial charge in [-0.15, -0.1) is 0 Å². The summed E-state index contributed by atoms with van der Waals surface area (Å²) < 4.78 is 2.05. The van der Waals surface area contributed by atoms with Gasteiger partial charge in [0, 0.05) is 24.5 Å². The fraction of sp³-hybridized carbons (Fsp3) is 0.455. The Labute approximate surface area is 83.8 Å². The van der Waals surface area contributed by atoms with E-state index in [9.17, 15) is 0 Å². The van der Waals surface area contributed by atoms with Gasteiger partial charge in [-0.3, -0.25) is 4.98 Å². The second-order valence-corrected chi connectivity index (χ2v) is 3.73. The van der Waals surface area contributed by atoms with Crippen molar-refractivity contribution in [2.24, 2.45) is 0 Å². The van der Waals surface area contributed by atoms with Gasteiger partial charge in [-0.2, -0.15) is 0 Å². The summed E-state index contributed by atoms with van der Waals surface area (Å²) in [5.74, 6) is 0.473. The normalized spacial score (nSPS) is 13.4. The van der Waals surface area contributed by atoms with Crippen LogP contribution in [0.25, 0.3) is 5.65 Å². The summed E-state index contributed by atoms with van der Waals surface area (Å²) in [5.41, 5.74) is 3.14. The van der Waals surface area contributed by atoms with E-state index in [1.165, 1.54) is 0 Å². The molecule has 2 rings (SSSR count). The molecule has 0 saturated carbocycles. The van der Waals surface area contributed by atoms with Crippen molar-refractivity contribution >= 4 is 5.65 Å². The molecule has 0 aliphatic heterocycles. The highest BCUT2D eigenvalue weighted by Gasteiger charge is 2.10. The van der Waals surface area contributed by atoms with Crippen LogP contribution in [0.2, 0.25) is 0 Å². The van der Waals surface area contributed by atoms with E-state index in [1.807, 2.05) is 29.9 Å². The molecule has 0 radical (unpaired) electrons. The first-order valence-corrected chi connectivity index (χ1v) is 5.02. The Morgan fingerprint density at radius 3 is 3.00 bits per heavy atom. The number of hydrogen-bond acceptors (Lipinski definition) is 2. The first-order chi connectivity index (χ1) is 6.72. The molecule has 3 nitrogen and oxygen atoms in total. The van der Waals surface area contributed by atoms with Crippen LogP contribution in [-0.2, 0) is 0 Å². The molecule has 0 amide bonds. The van der Waals surface area contributed by atoms with Crippen LogP contribution < -0.4 is 0 Å². The van der Waals surface area contributed by atoms with Crippen LogP contribution in [0.5, 0.6) is 0 Å². The number of hydrogen-bond donors (Lipinski definition) is 0. The van der Waals surface area contributed by atoms with Crippen molar-refractivity contribution in [2.75, 3.05) is 0 Å². The lowest BCUT2D eigenvalue weighted by Gasteiger charge is -2.07. The minimum atomic E-state index is 0.473. The maximum absolute atomic E-state index is 4.48. The molecule has 0 aliphatic rings. The Hall–Kier alpha value is -1.38. The Bertz CT molecular complexity index is 445. The number of aromatic nitrogens is 3. The van der Waals surface area contributed by atoms with E-state index in [0.717, 1.165) is 23.5 Å². The Morgan fingerprint density at radius 2 is 2.29 bits per heavy atom. The molecule has 0 N–H and O–H groups in total. The molecular weight excluding hydrogens is 174 g/mol. The minimum Gasteiger partial charge on any atom is -0.304 e. The van der Waals surface area contributed by atoms with Gasteiger partial charge in [0.1, 0.15) is 0 Å². The molecule has 1 atom stereocenters. The van der Waals surface area contributed by atoms with Crippen LogP contribution in [-0.4, -0.2) is 14.4 Å². The number of fused-ring (bicyclic) bond motifs is 1. The van der Waals surface area contributed by atoms with Gasteiger partial charge in [-0.25, -0.2) is 4.98 Å². The summed E-state index contributed by atoms with van der Waals surface area (Å²) in [6.07, 6.45) is 6.91. The van der Waals surface area contributed by atoms with E-state index in [4.69, 9.17) is 0 Å². The first kappa shape index (κ1) is 9.19. The average molecular weight is 189 g/mol. The zero-order chi connectivity index (χ0) is 10.1. The number of aryl methyl sites for hydroxylation is 1. The van der Waals surface area contributed by atoms with Crippen molar-refractivity contribution < 1.29 is 0 Å². The lowest BCUT2D eigenvalue weighted by Crippen LogP contribution is -1.99. The molecule has 2 aromatic heterocycles. The monoisotopic (exact) mass is 189 g/mol. The third kappa shape index (κ3) is 1.39. The quantitative estimate of drug-likeness (QED) is 0.726. The van der Waals surface area contributed by atoms with Gasteiger partial charge in [-0.05, 0) is 13.3 Å². The zero-order valence-corrected chi connectivity index (χ0v) is 8.86. The van der Waals surface area contributed by atoms with Crippen molar-refractivity contribution in [3.63, 3.8) is 0 Å². The zero-order valence-electron chi connectivity index (χ0n) is 8.86. The Kier molecular flexibility index (Phi) is 2.23. The molecule has 74 valence electrons. The first-order valence-electron chi connectivity index (χ1n) is 5.02. The number of imidazole rings is 1.